The third-order valence-electron chi connectivity index (χ3n) is 2.59. The Morgan fingerprint density at radius 1 is 1.43 bits per heavy atom. The molecule has 0 atom stereocenters. The van der Waals surface area contributed by atoms with Crippen molar-refractivity contribution in [2.75, 3.05) is 6.54 Å². The first-order valence-electron chi connectivity index (χ1n) is 5.29. The van der Waals surface area contributed by atoms with Crippen LogP contribution in [0.1, 0.15) is 31.4 Å². The molecular formula is C11H16INO. The summed E-state index contributed by atoms with van der Waals surface area (Å²) in [6.07, 6.45) is 5.65. The first-order chi connectivity index (χ1) is 6.84. The molecule has 0 saturated heterocycles. The fourth-order valence-corrected chi connectivity index (χ4v) is 2.04. The summed E-state index contributed by atoms with van der Waals surface area (Å²) in [6.45, 7) is 1.99. The summed E-state index contributed by atoms with van der Waals surface area (Å²) >= 11 is 2.19. The lowest BCUT2D eigenvalue weighted by Crippen LogP contribution is -2.14. The van der Waals surface area contributed by atoms with Gasteiger partial charge in [-0.05, 0) is 60.0 Å². The van der Waals surface area contributed by atoms with Crippen molar-refractivity contribution in [1.82, 2.24) is 5.32 Å². The van der Waals surface area contributed by atoms with Crippen LogP contribution in [0, 0.1) is 9.68 Å². The van der Waals surface area contributed by atoms with Crippen LogP contribution < -0.4 is 5.32 Å². The molecule has 0 radical (unpaired) electrons. The molecule has 0 spiro atoms. The molecule has 0 unspecified atom stereocenters. The van der Waals surface area contributed by atoms with Gasteiger partial charge in [0.05, 0.1) is 6.54 Å². The maximum Gasteiger partial charge on any atom is 0.164 e. The first kappa shape index (κ1) is 10.5. The topological polar surface area (TPSA) is 25.2 Å². The average molecular weight is 305 g/mol. The molecule has 1 fully saturated rings. The minimum absolute atomic E-state index is 0.869. The number of rotatable bonds is 6. The highest BCUT2D eigenvalue weighted by Gasteiger charge is 2.19. The molecule has 3 heteroatoms. The number of nitrogens with one attached hydrogen (secondary N) is 1. The SMILES string of the molecule is Ic1ccc(CNCCCC2CC2)o1. The Morgan fingerprint density at radius 2 is 2.29 bits per heavy atom. The Balaban J connectivity index is 1.53. The van der Waals surface area contributed by atoms with Gasteiger partial charge in [-0.2, -0.15) is 0 Å². The highest BCUT2D eigenvalue weighted by Crippen LogP contribution is 2.33. The summed E-state index contributed by atoms with van der Waals surface area (Å²) < 4.78 is 6.42. The summed E-state index contributed by atoms with van der Waals surface area (Å²) in [5, 5.41) is 3.40. The van der Waals surface area contributed by atoms with Gasteiger partial charge in [-0.1, -0.05) is 12.8 Å². The van der Waals surface area contributed by atoms with Crippen LogP contribution >= 0.6 is 22.6 Å². The zero-order valence-electron chi connectivity index (χ0n) is 8.26. The minimum Gasteiger partial charge on any atom is -0.454 e. The Bertz CT molecular complexity index is 281. The van der Waals surface area contributed by atoms with E-state index in [1.54, 1.807) is 0 Å². The molecule has 1 heterocycles. The van der Waals surface area contributed by atoms with Crippen LogP contribution in [-0.4, -0.2) is 6.54 Å². The van der Waals surface area contributed by atoms with Crippen molar-refractivity contribution < 1.29 is 4.42 Å². The molecule has 14 heavy (non-hydrogen) atoms. The molecular weight excluding hydrogens is 289 g/mol. The quantitative estimate of drug-likeness (QED) is 0.645. The highest BCUT2D eigenvalue weighted by molar-refractivity contribution is 14.1. The van der Waals surface area contributed by atoms with Gasteiger partial charge in [0, 0.05) is 0 Å². The van der Waals surface area contributed by atoms with Gasteiger partial charge in [-0.25, -0.2) is 0 Å². The smallest absolute Gasteiger partial charge is 0.164 e. The molecule has 2 rings (SSSR count). The zero-order chi connectivity index (χ0) is 9.80. The Morgan fingerprint density at radius 3 is 2.93 bits per heavy atom. The van der Waals surface area contributed by atoms with Crippen LogP contribution in [-0.2, 0) is 6.54 Å². The van der Waals surface area contributed by atoms with Gasteiger partial charge >= 0.3 is 0 Å². The van der Waals surface area contributed by atoms with Gasteiger partial charge in [0.15, 0.2) is 3.77 Å². The van der Waals surface area contributed by atoms with E-state index >= 15 is 0 Å². The van der Waals surface area contributed by atoms with Crippen molar-refractivity contribution in [2.24, 2.45) is 5.92 Å². The molecule has 0 amide bonds. The van der Waals surface area contributed by atoms with Crippen LogP contribution in [0.3, 0.4) is 0 Å². The second kappa shape index (κ2) is 5.16. The van der Waals surface area contributed by atoms with E-state index in [0.717, 1.165) is 28.5 Å². The molecule has 2 nitrogen and oxygen atoms in total. The van der Waals surface area contributed by atoms with Crippen LogP contribution in [0.5, 0.6) is 0 Å². The normalized spacial score (nSPS) is 16.1. The summed E-state index contributed by atoms with van der Waals surface area (Å²) in [7, 11) is 0. The van der Waals surface area contributed by atoms with E-state index in [1.165, 1.54) is 25.7 Å². The molecule has 1 aliphatic carbocycles. The number of hydrogen-bond acceptors (Lipinski definition) is 2. The third-order valence-corrected chi connectivity index (χ3v) is 3.17. The van der Waals surface area contributed by atoms with E-state index in [4.69, 9.17) is 4.42 Å². The van der Waals surface area contributed by atoms with Crippen molar-refractivity contribution in [3.05, 3.63) is 21.7 Å². The van der Waals surface area contributed by atoms with E-state index in [1.807, 2.05) is 12.1 Å². The molecule has 0 aromatic carbocycles. The van der Waals surface area contributed by atoms with Crippen LogP contribution in [0.4, 0.5) is 0 Å². The van der Waals surface area contributed by atoms with Crippen molar-refractivity contribution in [3.63, 3.8) is 0 Å². The zero-order valence-corrected chi connectivity index (χ0v) is 10.4. The highest BCUT2D eigenvalue weighted by atomic mass is 127. The molecule has 1 aliphatic rings. The maximum atomic E-state index is 5.45. The van der Waals surface area contributed by atoms with Crippen LogP contribution in [0.25, 0.3) is 0 Å². The lowest BCUT2D eigenvalue weighted by Gasteiger charge is -2.01. The van der Waals surface area contributed by atoms with Gasteiger partial charge in [0.25, 0.3) is 0 Å². The summed E-state index contributed by atoms with van der Waals surface area (Å²) in [5.74, 6) is 2.10. The largest absolute Gasteiger partial charge is 0.454 e. The van der Waals surface area contributed by atoms with Gasteiger partial charge < -0.3 is 9.73 Å². The molecule has 1 aromatic heterocycles. The minimum atomic E-state index is 0.869. The monoisotopic (exact) mass is 305 g/mol. The maximum absolute atomic E-state index is 5.45. The molecule has 0 aliphatic heterocycles. The molecule has 0 bridgehead atoms. The fraction of sp³-hybridized carbons (Fsp3) is 0.636. The van der Waals surface area contributed by atoms with Crippen molar-refractivity contribution in [1.29, 1.82) is 0 Å². The standard InChI is InChI=1S/C11H16INO/c12-11-6-5-10(14-11)8-13-7-1-2-9-3-4-9/h5-6,9,13H,1-4,7-8H2. The van der Waals surface area contributed by atoms with Crippen molar-refractivity contribution in [3.8, 4) is 0 Å². The van der Waals surface area contributed by atoms with Gasteiger partial charge in [0.1, 0.15) is 5.76 Å². The van der Waals surface area contributed by atoms with E-state index in [-0.39, 0.29) is 0 Å². The fourth-order valence-electron chi connectivity index (χ4n) is 1.58. The predicted molar refractivity (Wildman–Crippen MR) is 65.1 cm³/mol. The lowest BCUT2D eigenvalue weighted by molar-refractivity contribution is 0.459. The van der Waals surface area contributed by atoms with Crippen molar-refractivity contribution >= 4 is 22.6 Å². The van der Waals surface area contributed by atoms with Crippen molar-refractivity contribution in [2.45, 2.75) is 32.2 Å². The predicted octanol–water partition coefficient (Wildman–Crippen LogP) is 3.16. The Kier molecular flexibility index (Phi) is 3.87. The number of halogens is 1. The molecule has 1 saturated carbocycles. The lowest BCUT2D eigenvalue weighted by atomic mass is 10.2. The number of furan rings is 1. The van der Waals surface area contributed by atoms with Gasteiger partial charge in [-0.3, -0.25) is 0 Å². The van der Waals surface area contributed by atoms with Crippen LogP contribution in [0.2, 0.25) is 0 Å². The Hall–Kier alpha value is -0.0300. The second-order valence-electron chi connectivity index (χ2n) is 3.97. The number of hydrogen-bond donors (Lipinski definition) is 1. The third kappa shape index (κ3) is 3.61. The summed E-state index contributed by atoms with van der Waals surface area (Å²) in [4.78, 5) is 0. The van der Waals surface area contributed by atoms with E-state index in [0.29, 0.717) is 0 Å². The van der Waals surface area contributed by atoms with Gasteiger partial charge in [-0.15, -0.1) is 0 Å². The van der Waals surface area contributed by atoms with E-state index in [9.17, 15) is 0 Å². The second-order valence-corrected chi connectivity index (χ2v) is 5.03. The summed E-state index contributed by atoms with van der Waals surface area (Å²) in [5.41, 5.74) is 0. The Labute approximate surface area is 98.6 Å². The molecule has 1 N–H and O–H groups in total. The van der Waals surface area contributed by atoms with E-state index in [2.05, 4.69) is 27.9 Å². The van der Waals surface area contributed by atoms with Crippen LogP contribution in [0.15, 0.2) is 16.5 Å². The van der Waals surface area contributed by atoms with E-state index < -0.39 is 0 Å². The average Bonchev–Trinajstić information content (AvgIpc) is 2.89. The molecule has 1 aromatic rings. The van der Waals surface area contributed by atoms with Gasteiger partial charge in [0.2, 0.25) is 0 Å². The summed E-state index contributed by atoms with van der Waals surface area (Å²) in [6, 6.07) is 4.04. The molecule has 78 valence electrons. The first-order valence-corrected chi connectivity index (χ1v) is 6.37.